The Morgan fingerprint density at radius 2 is 1.59 bits per heavy atom. The third-order valence-electron chi connectivity index (χ3n) is 6.07. The molecule has 4 rings (SSSR count). The topological polar surface area (TPSA) is 65.2 Å². The number of hydrogen-bond acceptors (Lipinski definition) is 2. The number of urea groups is 1. The molecule has 0 aliphatic heterocycles. The zero-order valence-electron chi connectivity index (χ0n) is 15.9. The van der Waals surface area contributed by atoms with Crippen LogP contribution in [-0.2, 0) is 0 Å². The number of carbonyl (C=O) groups excluding carboxylic acids is 2. The second-order valence-electron chi connectivity index (χ2n) is 8.02. The number of imide groups is 1. The van der Waals surface area contributed by atoms with Gasteiger partial charge in [0.1, 0.15) is 5.69 Å². The third kappa shape index (κ3) is 4.02. The Kier molecular flexibility index (Phi) is 5.46. The van der Waals surface area contributed by atoms with Gasteiger partial charge in [0.15, 0.2) is 0 Å². The van der Waals surface area contributed by atoms with Crippen LogP contribution in [0.1, 0.15) is 74.7 Å². The first-order valence-corrected chi connectivity index (χ1v) is 10.4. The van der Waals surface area contributed by atoms with E-state index in [1.807, 2.05) is 30.3 Å². The van der Waals surface area contributed by atoms with Gasteiger partial charge in [0.25, 0.3) is 5.91 Å². The number of aromatic nitrogens is 1. The molecule has 0 unspecified atom stereocenters. The Bertz CT molecular complexity index is 768. The Morgan fingerprint density at radius 1 is 0.926 bits per heavy atom. The van der Waals surface area contributed by atoms with Crippen molar-refractivity contribution in [2.24, 2.45) is 0 Å². The predicted octanol–water partition coefficient (Wildman–Crippen LogP) is 4.99. The zero-order chi connectivity index (χ0) is 18.6. The van der Waals surface area contributed by atoms with E-state index in [1.54, 1.807) is 0 Å². The number of carbonyl (C=O) groups is 2. The van der Waals surface area contributed by atoms with E-state index in [2.05, 4.69) is 10.3 Å². The van der Waals surface area contributed by atoms with E-state index in [0.717, 1.165) is 62.3 Å². The summed E-state index contributed by atoms with van der Waals surface area (Å²) < 4.78 is 0. The molecule has 1 aromatic heterocycles. The van der Waals surface area contributed by atoms with Gasteiger partial charge in [0, 0.05) is 23.0 Å². The molecule has 3 amide bonds. The number of amides is 3. The lowest BCUT2D eigenvalue weighted by Crippen LogP contribution is -2.53. The normalized spacial score (nSPS) is 19.1. The molecule has 1 heterocycles. The number of rotatable bonds is 3. The molecule has 1 aromatic carbocycles. The van der Waals surface area contributed by atoms with Gasteiger partial charge >= 0.3 is 6.03 Å². The highest BCUT2D eigenvalue weighted by molar-refractivity contribution is 6.06. The standard InChI is InChI=1S/C22H29N3O2/c26-21(20-15-16-9-7-8-14-19(16)24-20)25(18-12-5-2-6-13-18)22(27)23-17-10-3-1-4-11-17/h7-9,14-15,17-18,24H,1-6,10-13H2,(H,23,27). The summed E-state index contributed by atoms with van der Waals surface area (Å²) in [7, 11) is 0. The molecule has 5 nitrogen and oxygen atoms in total. The molecule has 2 aliphatic rings. The Hall–Kier alpha value is -2.30. The summed E-state index contributed by atoms with van der Waals surface area (Å²) >= 11 is 0. The van der Waals surface area contributed by atoms with E-state index in [9.17, 15) is 9.59 Å². The van der Waals surface area contributed by atoms with Crippen LogP contribution in [0.25, 0.3) is 10.9 Å². The van der Waals surface area contributed by atoms with Gasteiger partial charge in [0.05, 0.1) is 0 Å². The quantitative estimate of drug-likeness (QED) is 0.803. The first-order chi connectivity index (χ1) is 13.2. The summed E-state index contributed by atoms with van der Waals surface area (Å²) in [6, 6.07) is 9.70. The maximum Gasteiger partial charge on any atom is 0.324 e. The number of nitrogens with zero attached hydrogens (tertiary/aromatic N) is 1. The van der Waals surface area contributed by atoms with Crippen molar-refractivity contribution in [3.05, 3.63) is 36.0 Å². The van der Waals surface area contributed by atoms with Gasteiger partial charge in [0.2, 0.25) is 0 Å². The number of aromatic amines is 1. The molecule has 0 bridgehead atoms. The van der Waals surface area contributed by atoms with Crippen molar-refractivity contribution in [2.45, 2.75) is 76.3 Å². The van der Waals surface area contributed by atoms with Crippen LogP contribution in [0.15, 0.2) is 30.3 Å². The van der Waals surface area contributed by atoms with Crippen LogP contribution in [0.3, 0.4) is 0 Å². The largest absolute Gasteiger partial charge is 0.351 e. The summed E-state index contributed by atoms with van der Waals surface area (Å²) in [5.41, 5.74) is 1.43. The van der Waals surface area contributed by atoms with Gasteiger partial charge in [-0.2, -0.15) is 0 Å². The van der Waals surface area contributed by atoms with Gasteiger partial charge in [-0.3, -0.25) is 9.69 Å². The molecule has 0 saturated heterocycles. The van der Waals surface area contributed by atoms with Gasteiger partial charge in [-0.25, -0.2) is 4.79 Å². The Morgan fingerprint density at radius 3 is 2.30 bits per heavy atom. The summed E-state index contributed by atoms with van der Waals surface area (Å²) in [5, 5.41) is 4.15. The minimum atomic E-state index is -0.211. The smallest absolute Gasteiger partial charge is 0.324 e. The minimum Gasteiger partial charge on any atom is -0.351 e. The van der Waals surface area contributed by atoms with Crippen molar-refractivity contribution in [3.8, 4) is 0 Å². The Balaban J connectivity index is 1.57. The maximum atomic E-state index is 13.3. The molecule has 2 N–H and O–H groups in total. The van der Waals surface area contributed by atoms with Gasteiger partial charge in [-0.15, -0.1) is 0 Å². The zero-order valence-corrected chi connectivity index (χ0v) is 15.9. The van der Waals surface area contributed by atoms with Crippen LogP contribution < -0.4 is 5.32 Å². The van der Waals surface area contributed by atoms with Crippen LogP contribution in [0.4, 0.5) is 4.79 Å². The predicted molar refractivity (Wildman–Crippen MR) is 107 cm³/mol. The molecular weight excluding hydrogens is 338 g/mol. The molecule has 2 fully saturated rings. The molecule has 27 heavy (non-hydrogen) atoms. The van der Waals surface area contributed by atoms with Gasteiger partial charge in [-0.05, 0) is 37.8 Å². The van der Waals surface area contributed by atoms with E-state index in [1.165, 1.54) is 17.7 Å². The summed E-state index contributed by atoms with van der Waals surface area (Å²) in [4.78, 5) is 31.2. The van der Waals surface area contributed by atoms with E-state index in [-0.39, 0.29) is 24.0 Å². The molecule has 2 saturated carbocycles. The molecule has 0 radical (unpaired) electrons. The molecule has 0 spiro atoms. The first-order valence-electron chi connectivity index (χ1n) is 10.4. The van der Waals surface area contributed by atoms with E-state index in [0.29, 0.717) is 5.69 Å². The summed E-state index contributed by atoms with van der Waals surface area (Å²) in [6.45, 7) is 0. The second-order valence-corrected chi connectivity index (χ2v) is 8.02. The van der Waals surface area contributed by atoms with Gasteiger partial charge < -0.3 is 10.3 Å². The van der Waals surface area contributed by atoms with Crippen molar-refractivity contribution in [3.63, 3.8) is 0 Å². The second kappa shape index (κ2) is 8.15. The molecule has 144 valence electrons. The Labute approximate surface area is 160 Å². The first kappa shape index (κ1) is 18.1. The monoisotopic (exact) mass is 367 g/mol. The van der Waals surface area contributed by atoms with E-state index < -0.39 is 0 Å². The maximum absolute atomic E-state index is 13.3. The number of fused-ring (bicyclic) bond motifs is 1. The van der Waals surface area contributed by atoms with E-state index >= 15 is 0 Å². The van der Waals surface area contributed by atoms with Crippen molar-refractivity contribution in [1.82, 2.24) is 15.2 Å². The van der Waals surface area contributed by atoms with Crippen LogP contribution in [-0.4, -0.2) is 33.9 Å². The highest BCUT2D eigenvalue weighted by Crippen LogP contribution is 2.26. The summed E-state index contributed by atoms with van der Waals surface area (Å²) in [6.07, 6.45) is 10.8. The lowest BCUT2D eigenvalue weighted by molar-refractivity contribution is 0.0697. The number of benzene rings is 1. The molecule has 2 aliphatic carbocycles. The minimum absolute atomic E-state index is 0.00116. The van der Waals surface area contributed by atoms with Crippen molar-refractivity contribution < 1.29 is 9.59 Å². The van der Waals surface area contributed by atoms with E-state index in [4.69, 9.17) is 0 Å². The van der Waals surface area contributed by atoms with Gasteiger partial charge in [-0.1, -0.05) is 56.7 Å². The average molecular weight is 367 g/mol. The third-order valence-corrected chi connectivity index (χ3v) is 6.07. The fraction of sp³-hybridized carbons (Fsp3) is 0.545. The summed E-state index contributed by atoms with van der Waals surface area (Å²) in [5.74, 6) is -0.202. The van der Waals surface area contributed by atoms with Crippen molar-refractivity contribution >= 4 is 22.8 Å². The molecule has 2 aromatic rings. The number of nitrogens with one attached hydrogen (secondary N) is 2. The van der Waals surface area contributed by atoms with Crippen LogP contribution in [0.5, 0.6) is 0 Å². The fourth-order valence-electron chi connectivity index (χ4n) is 4.57. The number of H-pyrrole nitrogens is 1. The van der Waals surface area contributed by atoms with Crippen LogP contribution >= 0.6 is 0 Å². The van der Waals surface area contributed by atoms with Crippen LogP contribution in [0, 0.1) is 0 Å². The highest BCUT2D eigenvalue weighted by Gasteiger charge is 2.33. The molecule has 0 atom stereocenters. The van der Waals surface area contributed by atoms with Crippen molar-refractivity contribution in [2.75, 3.05) is 0 Å². The fourth-order valence-corrected chi connectivity index (χ4v) is 4.57. The van der Waals surface area contributed by atoms with Crippen molar-refractivity contribution in [1.29, 1.82) is 0 Å². The lowest BCUT2D eigenvalue weighted by Gasteiger charge is -2.34. The average Bonchev–Trinajstić information content (AvgIpc) is 3.14. The molecular formula is C22H29N3O2. The number of hydrogen-bond donors (Lipinski definition) is 2. The lowest BCUT2D eigenvalue weighted by atomic mass is 9.93. The highest BCUT2D eigenvalue weighted by atomic mass is 16.2. The van der Waals surface area contributed by atoms with Crippen LogP contribution in [0.2, 0.25) is 0 Å². The number of para-hydroxylation sites is 1. The SMILES string of the molecule is O=C(NC1CCCCC1)N(C(=O)c1cc2ccccc2[nH]1)C1CCCCC1. The molecule has 5 heteroatoms.